The van der Waals surface area contributed by atoms with Gasteiger partial charge in [0, 0.05) is 41.5 Å². The number of fused-ring (bicyclic) bond motifs is 2. The minimum absolute atomic E-state index is 0. The van der Waals surface area contributed by atoms with E-state index in [1.165, 1.54) is 0 Å². The Morgan fingerprint density at radius 2 is 1.64 bits per heavy atom. The van der Waals surface area contributed by atoms with Crippen LogP contribution in [0.2, 0.25) is 0 Å². The first-order valence-electron chi connectivity index (χ1n) is 11.9. The summed E-state index contributed by atoms with van der Waals surface area (Å²) >= 11 is 3.18. The zero-order valence-corrected chi connectivity index (χ0v) is 26.9. The zero-order chi connectivity index (χ0) is 27.3. The van der Waals surface area contributed by atoms with Gasteiger partial charge in [0.15, 0.2) is 6.54 Å². The third kappa shape index (κ3) is 9.27. The number of benzene rings is 2. The van der Waals surface area contributed by atoms with Crippen molar-refractivity contribution in [3.63, 3.8) is 0 Å². The first-order chi connectivity index (χ1) is 18.0. The van der Waals surface area contributed by atoms with Gasteiger partial charge in [-0.2, -0.15) is 4.57 Å². The molecule has 0 saturated carbocycles. The number of allylic oxidation sites excluding steroid dienone is 4. The molecular formula is C26H27N2NaO6S4. The first kappa shape index (κ1) is 32.0. The maximum Gasteiger partial charge on any atom is 1.00 e. The Hall–Kier alpha value is -1.48. The van der Waals surface area contributed by atoms with E-state index >= 15 is 0 Å². The second-order valence-electron chi connectivity index (χ2n) is 8.76. The van der Waals surface area contributed by atoms with E-state index in [9.17, 15) is 25.9 Å². The van der Waals surface area contributed by atoms with E-state index < -0.39 is 31.7 Å². The van der Waals surface area contributed by atoms with Gasteiger partial charge >= 0.3 is 29.6 Å². The number of anilines is 1. The fourth-order valence-corrected chi connectivity index (χ4v) is 7.39. The van der Waals surface area contributed by atoms with Crippen molar-refractivity contribution < 1.29 is 60.1 Å². The van der Waals surface area contributed by atoms with Gasteiger partial charge in [-0.1, -0.05) is 59.5 Å². The summed E-state index contributed by atoms with van der Waals surface area (Å²) in [4.78, 5) is 3.09. The fraction of sp³-hybridized carbons (Fsp3) is 0.269. The van der Waals surface area contributed by atoms with Crippen LogP contribution >= 0.6 is 23.1 Å². The van der Waals surface area contributed by atoms with Crippen molar-refractivity contribution in [2.24, 2.45) is 0 Å². The third-order valence-corrected chi connectivity index (χ3v) is 9.60. The van der Waals surface area contributed by atoms with Crippen molar-refractivity contribution >= 4 is 65.3 Å². The number of thioether (sulfide) groups is 1. The van der Waals surface area contributed by atoms with Gasteiger partial charge in [-0.15, -0.1) is 0 Å². The summed E-state index contributed by atoms with van der Waals surface area (Å²) in [5.74, 6) is -0.811. The molecule has 202 valence electrons. The SMILES string of the molecule is CC(C=CC=C1Sc2ccccc2N1CCCS(=O)(=O)[O-])=Cc1sc2ccccc2[n+]1CCCS(=O)(=O)[O-].[Na+]. The third-order valence-electron chi connectivity index (χ3n) is 5.77. The molecule has 1 aliphatic heterocycles. The normalized spacial score (nSPS) is 15.3. The van der Waals surface area contributed by atoms with Gasteiger partial charge < -0.3 is 14.0 Å². The number of nitrogens with zero attached hydrogens (tertiary/aromatic N) is 2. The average molecular weight is 615 g/mol. The van der Waals surface area contributed by atoms with E-state index in [1.54, 1.807) is 23.1 Å². The maximum atomic E-state index is 11.1. The Morgan fingerprint density at radius 1 is 0.974 bits per heavy atom. The van der Waals surface area contributed by atoms with Crippen LogP contribution in [0.15, 0.2) is 82.3 Å². The molecule has 1 aromatic heterocycles. The van der Waals surface area contributed by atoms with Crippen LogP contribution in [0.4, 0.5) is 5.69 Å². The summed E-state index contributed by atoms with van der Waals surface area (Å²) in [6, 6.07) is 15.7. The predicted octanol–water partition coefficient (Wildman–Crippen LogP) is 1.48. The average Bonchev–Trinajstić information content (AvgIpc) is 3.35. The molecule has 39 heavy (non-hydrogen) atoms. The van der Waals surface area contributed by atoms with Crippen LogP contribution in [-0.2, 0) is 26.8 Å². The molecule has 0 N–H and O–H groups in total. The Kier molecular flexibility index (Phi) is 11.4. The summed E-state index contributed by atoms with van der Waals surface area (Å²) in [7, 11) is -8.53. The van der Waals surface area contributed by atoms with Gasteiger partial charge in [0.25, 0.3) is 5.01 Å². The standard InChI is InChI=1S/C26H28N2O6S4.Na/c1-20(19-26-28(16-8-18-38(32,33)34)22-11-3-5-13-24(22)36-26)9-6-14-25-27(15-7-17-37(29,30)31)21-10-2-4-12-23(21)35-25;/h2-6,9-14,19H,7-8,15-18H2,1H3,(H-,29,30,31,32,33,34);/q;+1/p-1. The van der Waals surface area contributed by atoms with E-state index in [0.717, 1.165) is 36.4 Å². The largest absolute Gasteiger partial charge is 1.00 e. The number of para-hydroxylation sites is 2. The van der Waals surface area contributed by atoms with Crippen LogP contribution in [0, 0.1) is 0 Å². The molecule has 1 aliphatic rings. The molecule has 0 saturated heterocycles. The Labute approximate surface area is 259 Å². The summed E-state index contributed by atoms with van der Waals surface area (Å²) < 4.78 is 69.5. The Bertz CT molecular complexity index is 1630. The van der Waals surface area contributed by atoms with E-state index in [4.69, 9.17) is 0 Å². The predicted molar refractivity (Wildman–Crippen MR) is 151 cm³/mol. The number of thiazole rings is 1. The van der Waals surface area contributed by atoms with E-state index in [1.807, 2.05) is 89.2 Å². The topological polar surface area (TPSA) is 122 Å². The second kappa shape index (κ2) is 13.9. The molecule has 3 aromatic rings. The number of hydrogen-bond acceptors (Lipinski definition) is 9. The van der Waals surface area contributed by atoms with Crippen molar-refractivity contribution in [2.75, 3.05) is 23.0 Å². The number of rotatable bonds is 11. The van der Waals surface area contributed by atoms with Gasteiger partial charge in [-0.25, -0.2) is 16.8 Å². The smallest absolute Gasteiger partial charge is 0.748 e. The van der Waals surface area contributed by atoms with E-state index in [-0.39, 0.29) is 42.4 Å². The van der Waals surface area contributed by atoms with Crippen LogP contribution in [0.5, 0.6) is 0 Å². The van der Waals surface area contributed by atoms with Crippen molar-refractivity contribution in [3.05, 3.63) is 82.4 Å². The molecule has 0 amide bonds. The quantitative estimate of drug-likeness (QED) is 0.138. The Balaban J connectivity index is 0.00000420. The zero-order valence-electron chi connectivity index (χ0n) is 21.6. The van der Waals surface area contributed by atoms with E-state index in [0.29, 0.717) is 13.1 Å². The molecule has 0 spiro atoms. The first-order valence-corrected chi connectivity index (χ1v) is 16.7. The minimum Gasteiger partial charge on any atom is -0.748 e. The molecule has 0 unspecified atom stereocenters. The van der Waals surface area contributed by atoms with Gasteiger partial charge in [0.05, 0.1) is 31.0 Å². The molecule has 4 rings (SSSR count). The molecule has 2 heterocycles. The van der Waals surface area contributed by atoms with Crippen LogP contribution in [0.1, 0.15) is 24.8 Å². The molecule has 0 radical (unpaired) electrons. The van der Waals surface area contributed by atoms with Crippen molar-refractivity contribution in [3.8, 4) is 0 Å². The molecule has 8 nitrogen and oxygen atoms in total. The van der Waals surface area contributed by atoms with E-state index in [2.05, 4.69) is 0 Å². The number of hydrogen-bond donors (Lipinski definition) is 0. The van der Waals surface area contributed by atoms with Gasteiger partial charge in [-0.05, 0) is 43.2 Å². The minimum atomic E-state index is -4.27. The molecule has 2 aromatic carbocycles. The molecule has 0 atom stereocenters. The molecule has 0 fully saturated rings. The summed E-state index contributed by atoms with van der Waals surface area (Å²) in [5, 5.41) is 1.89. The number of aryl methyl sites for hydroxylation is 1. The summed E-state index contributed by atoms with van der Waals surface area (Å²) in [6.07, 6.45) is 8.36. The maximum absolute atomic E-state index is 11.1. The fourth-order valence-electron chi connectivity index (χ4n) is 4.12. The van der Waals surface area contributed by atoms with Crippen LogP contribution in [-0.4, -0.2) is 44.0 Å². The molecule has 0 bridgehead atoms. The number of aromatic nitrogens is 1. The van der Waals surface area contributed by atoms with Crippen molar-refractivity contribution in [2.45, 2.75) is 31.2 Å². The monoisotopic (exact) mass is 614 g/mol. The molecule has 13 heteroatoms. The van der Waals surface area contributed by atoms with Crippen LogP contribution < -0.4 is 39.0 Å². The summed E-state index contributed by atoms with van der Waals surface area (Å²) in [5.41, 5.74) is 2.95. The van der Waals surface area contributed by atoms with Crippen LogP contribution in [0.25, 0.3) is 16.3 Å². The Morgan fingerprint density at radius 3 is 2.38 bits per heavy atom. The van der Waals surface area contributed by atoms with Gasteiger partial charge in [0.2, 0.25) is 5.52 Å². The van der Waals surface area contributed by atoms with Crippen LogP contribution in [0.3, 0.4) is 0 Å². The molecular weight excluding hydrogens is 588 g/mol. The molecule has 0 aliphatic carbocycles. The van der Waals surface area contributed by atoms with Gasteiger partial charge in [-0.3, -0.25) is 0 Å². The summed E-state index contributed by atoms with van der Waals surface area (Å²) in [6.45, 7) is 2.81. The second-order valence-corrected chi connectivity index (χ2v) is 13.9. The van der Waals surface area contributed by atoms with Gasteiger partial charge in [0.1, 0.15) is 4.70 Å². The van der Waals surface area contributed by atoms with Crippen molar-refractivity contribution in [1.82, 2.24) is 0 Å². The van der Waals surface area contributed by atoms with Crippen molar-refractivity contribution in [1.29, 1.82) is 0 Å².